The Morgan fingerprint density at radius 1 is 1.29 bits per heavy atom. The lowest BCUT2D eigenvalue weighted by Gasteiger charge is -2.13. The van der Waals surface area contributed by atoms with Gasteiger partial charge in [-0.1, -0.05) is 6.07 Å². The number of nitrogens with one attached hydrogen (secondary N) is 1. The lowest BCUT2D eigenvalue weighted by atomic mass is 10.1. The van der Waals surface area contributed by atoms with Crippen molar-refractivity contribution in [2.24, 2.45) is 5.73 Å². The first-order chi connectivity index (χ1) is 11.6. The maximum Gasteiger partial charge on any atom is 0.184 e. The van der Waals surface area contributed by atoms with E-state index < -0.39 is 6.04 Å². The molecule has 0 fully saturated rings. The molecule has 7 nitrogen and oxygen atoms in total. The molecule has 3 rings (SSSR count). The van der Waals surface area contributed by atoms with Crippen molar-refractivity contribution in [3.05, 3.63) is 47.7 Å². The first-order valence-electron chi connectivity index (χ1n) is 7.67. The van der Waals surface area contributed by atoms with Crippen molar-refractivity contribution in [3.63, 3.8) is 0 Å². The maximum atomic E-state index is 6.32. The van der Waals surface area contributed by atoms with Crippen molar-refractivity contribution in [2.45, 2.75) is 19.9 Å². The number of aromatic amines is 1. The number of rotatable bonds is 6. The van der Waals surface area contributed by atoms with E-state index in [0.717, 1.165) is 16.9 Å². The van der Waals surface area contributed by atoms with Crippen LogP contribution < -0.4 is 15.2 Å². The summed E-state index contributed by atoms with van der Waals surface area (Å²) in [5.74, 6) is 3.21. The van der Waals surface area contributed by atoms with E-state index in [1.165, 1.54) is 0 Å². The lowest BCUT2D eigenvalue weighted by Crippen LogP contribution is -2.14. The molecule has 2 aromatic heterocycles. The number of ether oxygens (including phenoxy) is 2. The Hall–Kier alpha value is -2.80. The Labute approximate surface area is 139 Å². The van der Waals surface area contributed by atoms with Gasteiger partial charge in [0.25, 0.3) is 0 Å². The summed E-state index contributed by atoms with van der Waals surface area (Å²) in [6.07, 6.45) is 1.61. The molecule has 3 aromatic rings. The molecule has 1 aromatic carbocycles. The number of nitrogens with two attached hydrogens (primary N) is 1. The van der Waals surface area contributed by atoms with Crippen LogP contribution in [0.1, 0.15) is 30.1 Å². The molecule has 0 aliphatic rings. The number of furan rings is 1. The molecule has 0 radical (unpaired) electrons. The number of aromatic nitrogens is 3. The van der Waals surface area contributed by atoms with Gasteiger partial charge in [-0.3, -0.25) is 5.10 Å². The highest BCUT2D eigenvalue weighted by Gasteiger charge is 2.18. The largest absolute Gasteiger partial charge is 0.493 e. The molecule has 1 atom stereocenters. The van der Waals surface area contributed by atoms with Crippen LogP contribution in [-0.2, 0) is 0 Å². The number of hydrogen-bond donors (Lipinski definition) is 2. The Bertz CT molecular complexity index is 825. The molecule has 3 N–H and O–H groups in total. The molecule has 126 valence electrons. The lowest BCUT2D eigenvalue weighted by molar-refractivity contribution is 0.310. The van der Waals surface area contributed by atoms with E-state index in [2.05, 4.69) is 15.2 Å². The van der Waals surface area contributed by atoms with Gasteiger partial charge in [-0.05, 0) is 37.6 Å². The smallest absolute Gasteiger partial charge is 0.184 e. The van der Waals surface area contributed by atoms with Crippen molar-refractivity contribution in [2.75, 3.05) is 13.7 Å². The van der Waals surface area contributed by atoms with Crippen LogP contribution >= 0.6 is 0 Å². The highest BCUT2D eigenvalue weighted by molar-refractivity contribution is 5.56. The van der Waals surface area contributed by atoms with Gasteiger partial charge in [-0.15, -0.1) is 0 Å². The van der Waals surface area contributed by atoms with Crippen LogP contribution in [0.25, 0.3) is 11.4 Å². The Morgan fingerprint density at radius 2 is 2.12 bits per heavy atom. The third kappa shape index (κ3) is 2.98. The van der Waals surface area contributed by atoms with Crippen molar-refractivity contribution < 1.29 is 13.9 Å². The fraction of sp³-hybridized carbons (Fsp3) is 0.294. The van der Waals surface area contributed by atoms with Gasteiger partial charge in [-0.2, -0.15) is 5.10 Å². The second-order valence-corrected chi connectivity index (χ2v) is 5.26. The van der Waals surface area contributed by atoms with Crippen LogP contribution in [0.5, 0.6) is 11.5 Å². The molecule has 0 bridgehead atoms. The number of H-pyrrole nitrogens is 1. The maximum absolute atomic E-state index is 6.32. The summed E-state index contributed by atoms with van der Waals surface area (Å²) in [4.78, 5) is 4.48. The quantitative estimate of drug-likeness (QED) is 0.722. The van der Waals surface area contributed by atoms with Crippen LogP contribution in [0.15, 0.2) is 34.9 Å². The normalized spacial score (nSPS) is 12.2. The topological polar surface area (TPSA) is 99.2 Å². The first-order valence-corrected chi connectivity index (χ1v) is 7.67. The third-order valence-electron chi connectivity index (χ3n) is 3.74. The number of nitrogens with zero attached hydrogens (tertiary/aromatic N) is 2. The van der Waals surface area contributed by atoms with Crippen LogP contribution in [0.4, 0.5) is 0 Å². The summed E-state index contributed by atoms with van der Waals surface area (Å²) in [6.45, 7) is 4.35. The molecule has 0 saturated carbocycles. The zero-order valence-corrected chi connectivity index (χ0v) is 13.9. The van der Waals surface area contributed by atoms with Gasteiger partial charge >= 0.3 is 0 Å². The SMILES string of the molecule is CCOc1ccc([C@@H](N)c2nc(-c3ccoc3C)n[nH]2)cc1OC. The summed E-state index contributed by atoms with van der Waals surface area (Å²) in [5.41, 5.74) is 8.01. The van der Waals surface area contributed by atoms with E-state index in [1.54, 1.807) is 13.4 Å². The first kappa shape index (κ1) is 16.1. The van der Waals surface area contributed by atoms with Gasteiger partial charge in [0.1, 0.15) is 11.6 Å². The van der Waals surface area contributed by atoms with Crippen molar-refractivity contribution in [1.29, 1.82) is 0 Å². The van der Waals surface area contributed by atoms with Gasteiger partial charge in [0.15, 0.2) is 17.3 Å². The Morgan fingerprint density at radius 3 is 2.79 bits per heavy atom. The second-order valence-electron chi connectivity index (χ2n) is 5.26. The summed E-state index contributed by atoms with van der Waals surface area (Å²) in [6, 6.07) is 6.95. The van der Waals surface area contributed by atoms with Crippen molar-refractivity contribution >= 4 is 0 Å². The fourth-order valence-electron chi connectivity index (χ4n) is 2.46. The van der Waals surface area contributed by atoms with Crippen LogP contribution in [0.2, 0.25) is 0 Å². The van der Waals surface area contributed by atoms with Gasteiger partial charge in [0, 0.05) is 0 Å². The summed E-state index contributed by atoms with van der Waals surface area (Å²) in [7, 11) is 1.60. The van der Waals surface area contributed by atoms with Crippen LogP contribution in [0.3, 0.4) is 0 Å². The molecule has 0 aliphatic carbocycles. The molecule has 0 amide bonds. The molecule has 0 saturated heterocycles. The zero-order valence-electron chi connectivity index (χ0n) is 13.9. The number of methoxy groups -OCH3 is 1. The standard InChI is InChI=1S/C17H20N4O3/c1-4-23-13-6-5-11(9-14(13)22-3)15(18)17-19-16(20-21-17)12-7-8-24-10(12)2/h5-9,15H,4,18H2,1-3H3,(H,19,20,21)/t15-/m1/s1. The minimum absolute atomic E-state index is 0.456. The number of aryl methyl sites for hydroxylation is 1. The van der Waals surface area contributed by atoms with Crippen molar-refractivity contribution in [3.8, 4) is 22.9 Å². The summed E-state index contributed by atoms with van der Waals surface area (Å²) < 4.78 is 16.2. The van der Waals surface area contributed by atoms with Gasteiger partial charge < -0.3 is 19.6 Å². The predicted octanol–water partition coefficient (Wildman–Crippen LogP) is 2.83. The molecule has 24 heavy (non-hydrogen) atoms. The molecule has 0 spiro atoms. The van der Waals surface area contributed by atoms with E-state index in [-0.39, 0.29) is 0 Å². The van der Waals surface area contributed by atoms with E-state index in [1.807, 2.05) is 38.1 Å². The molecule has 0 unspecified atom stereocenters. The zero-order chi connectivity index (χ0) is 17.1. The molecule has 2 heterocycles. The predicted molar refractivity (Wildman–Crippen MR) is 89.0 cm³/mol. The van der Waals surface area contributed by atoms with Crippen molar-refractivity contribution in [1.82, 2.24) is 15.2 Å². The Kier molecular flexibility index (Phi) is 4.52. The van der Waals surface area contributed by atoms with E-state index in [0.29, 0.717) is 29.8 Å². The molecular weight excluding hydrogens is 308 g/mol. The van der Waals surface area contributed by atoms with Crippen LogP contribution in [-0.4, -0.2) is 28.9 Å². The van der Waals surface area contributed by atoms with Gasteiger partial charge in [0.05, 0.1) is 31.6 Å². The van der Waals surface area contributed by atoms with E-state index in [4.69, 9.17) is 19.6 Å². The highest BCUT2D eigenvalue weighted by atomic mass is 16.5. The monoisotopic (exact) mass is 328 g/mol. The number of hydrogen-bond acceptors (Lipinski definition) is 6. The van der Waals surface area contributed by atoms with E-state index in [9.17, 15) is 0 Å². The average molecular weight is 328 g/mol. The average Bonchev–Trinajstić information content (AvgIpc) is 3.23. The molecular formula is C17H20N4O3. The second kappa shape index (κ2) is 6.76. The summed E-state index contributed by atoms with van der Waals surface area (Å²) in [5, 5.41) is 7.12. The Balaban J connectivity index is 1.88. The highest BCUT2D eigenvalue weighted by Crippen LogP contribution is 2.31. The van der Waals surface area contributed by atoms with Gasteiger partial charge in [-0.25, -0.2) is 4.98 Å². The van der Waals surface area contributed by atoms with Crippen LogP contribution in [0, 0.1) is 6.92 Å². The minimum atomic E-state index is -0.456. The van der Waals surface area contributed by atoms with E-state index >= 15 is 0 Å². The fourth-order valence-corrected chi connectivity index (χ4v) is 2.46. The third-order valence-corrected chi connectivity index (χ3v) is 3.74. The van der Waals surface area contributed by atoms with Gasteiger partial charge in [0.2, 0.25) is 0 Å². The molecule has 7 heteroatoms. The summed E-state index contributed by atoms with van der Waals surface area (Å²) >= 11 is 0. The molecule has 0 aliphatic heterocycles. The minimum Gasteiger partial charge on any atom is -0.493 e. The number of benzene rings is 1.